The molecule has 0 saturated heterocycles. The maximum absolute atomic E-state index is 5.26. The fourth-order valence-corrected chi connectivity index (χ4v) is 1.86. The molecule has 0 saturated carbocycles. The molecular formula is C14H20N2O. The van der Waals surface area contributed by atoms with Crippen LogP contribution in [0.15, 0.2) is 24.4 Å². The van der Waals surface area contributed by atoms with Crippen molar-refractivity contribution >= 4 is 10.9 Å². The molecule has 1 aromatic heterocycles. The van der Waals surface area contributed by atoms with Crippen LogP contribution < -0.4 is 10.1 Å². The van der Waals surface area contributed by atoms with Gasteiger partial charge in [0, 0.05) is 29.7 Å². The summed E-state index contributed by atoms with van der Waals surface area (Å²) in [6.07, 6.45) is 3.21. The SMILES string of the molecule is CCC(C)NCc1c[nH]c2ccc(OC)cc12. The standard InChI is InChI=1S/C14H20N2O/c1-4-10(2)15-8-11-9-16-14-6-5-12(17-3)7-13(11)14/h5-7,9-10,15-16H,4,8H2,1-3H3. The molecule has 0 aliphatic carbocycles. The Bertz CT molecular complexity index is 490. The molecule has 0 aliphatic heterocycles. The Morgan fingerprint density at radius 2 is 2.24 bits per heavy atom. The molecule has 0 fully saturated rings. The number of methoxy groups -OCH3 is 1. The highest BCUT2D eigenvalue weighted by atomic mass is 16.5. The number of H-pyrrole nitrogens is 1. The van der Waals surface area contributed by atoms with E-state index in [1.165, 1.54) is 10.9 Å². The number of rotatable bonds is 5. The van der Waals surface area contributed by atoms with Gasteiger partial charge >= 0.3 is 0 Å². The van der Waals surface area contributed by atoms with Crippen molar-refractivity contribution in [3.05, 3.63) is 30.0 Å². The van der Waals surface area contributed by atoms with Crippen LogP contribution in [0.25, 0.3) is 10.9 Å². The van der Waals surface area contributed by atoms with E-state index >= 15 is 0 Å². The predicted molar refractivity (Wildman–Crippen MR) is 71.4 cm³/mol. The molecule has 0 amide bonds. The summed E-state index contributed by atoms with van der Waals surface area (Å²) in [6.45, 7) is 5.29. The molecule has 1 unspecified atom stereocenters. The van der Waals surface area contributed by atoms with E-state index in [1.807, 2.05) is 6.07 Å². The van der Waals surface area contributed by atoms with Crippen LogP contribution in [0, 0.1) is 0 Å². The zero-order chi connectivity index (χ0) is 12.3. The summed E-state index contributed by atoms with van der Waals surface area (Å²) in [7, 11) is 1.70. The molecule has 1 heterocycles. The van der Waals surface area contributed by atoms with Crippen LogP contribution in [0.2, 0.25) is 0 Å². The summed E-state index contributed by atoms with van der Waals surface area (Å²) >= 11 is 0. The highest BCUT2D eigenvalue weighted by Crippen LogP contribution is 2.23. The number of aromatic nitrogens is 1. The van der Waals surface area contributed by atoms with Gasteiger partial charge in [0.05, 0.1) is 7.11 Å². The van der Waals surface area contributed by atoms with E-state index in [0.717, 1.165) is 24.2 Å². The summed E-state index contributed by atoms with van der Waals surface area (Å²) in [5.74, 6) is 0.905. The van der Waals surface area contributed by atoms with Crippen LogP contribution in [0.5, 0.6) is 5.75 Å². The molecule has 0 aliphatic rings. The topological polar surface area (TPSA) is 37.0 Å². The van der Waals surface area contributed by atoms with Crippen LogP contribution in [-0.2, 0) is 6.54 Å². The fraction of sp³-hybridized carbons (Fsp3) is 0.429. The van der Waals surface area contributed by atoms with Gasteiger partial charge in [0.15, 0.2) is 0 Å². The first kappa shape index (κ1) is 12.0. The fourth-order valence-electron chi connectivity index (χ4n) is 1.86. The molecule has 92 valence electrons. The van der Waals surface area contributed by atoms with Gasteiger partial charge < -0.3 is 15.0 Å². The van der Waals surface area contributed by atoms with Gasteiger partial charge in [0.2, 0.25) is 0 Å². The highest BCUT2D eigenvalue weighted by Gasteiger charge is 2.06. The predicted octanol–water partition coefficient (Wildman–Crippen LogP) is 3.06. The van der Waals surface area contributed by atoms with Gasteiger partial charge in [-0.1, -0.05) is 6.92 Å². The minimum atomic E-state index is 0.547. The van der Waals surface area contributed by atoms with E-state index in [0.29, 0.717) is 6.04 Å². The number of aromatic amines is 1. The Morgan fingerprint density at radius 3 is 2.94 bits per heavy atom. The van der Waals surface area contributed by atoms with Crippen molar-refractivity contribution in [2.24, 2.45) is 0 Å². The first-order valence-corrected chi connectivity index (χ1v) is 6.12. The lowest BCUT2D eigenvalue weighted by Gasteiger charge is -2.10. The lowest BCUT2D eigenvalue weighted by molar-refractivity contribution is 0.415. The lowest BCUT2D eigenvalue weighted by Crippen LogP contribution is -2.24. The van der Waals surface area contributed by atoms with Crippen molar-refractivity contribution in [1.29, 1.82) is 0 Å². The molecule has 0 spiro atoms. The zero-order valence-corrected chi connectivity index (χ0v) is 10.7. The van der Waals surface area contributed by atoms with E-state index in [4.69, 9.17) is 4.74 Å². The average molecular weight is 232 g/mol. The Labute approximate surface area is 102 Å². The molecule has 2 rings (SSSR count). The molecule has 1 aromatic carbocycles. The Kier molecular flexibility index (Phi) is 3.69. The van der Waals surface area contributed by atoms with Crippen molar-refractivity contribution in [3.63, 3.8) is 0 Å². The Balaban J connectivity index is 2.22. The van der Waals surface area contributed by atoms with Crippen LogP contribution >= 0.6 is 0 Å². The second-order valence-corrected chi connectivity index (χ2v) is 4.42. The van der Waals surface area contributed by atoms with Gasteiger partial charge in [-0.05, 0) is 37.1 Å². The van der Waals surface area contributed by atoms with Crippen LogP contribution in [-0.4, -0.2) is 18.1 Å². The first-order chi connectivity index (χ1) is 8.24. The van der Waals surface area contributed by atoms with E-state index in [9.17, 15) is 0 Å². The van der Waals surface area contributed by atoms with Crippen molar-refractivity contribution < 1.29 is 4.74 Å². The van der Waals surface area contributed by atoms with Crippen molar-refractivity contribution in [3.8, 4) is 5.75 Å². The minimum absolute atomic E-state index is 0.547. The lowest BCUT2D eigenvalue weighted by atomic mass is 10.1. The number of benzene rings is 1. The van der Waals surface area contributed by atoms with Gasteiger partial charge in [-0.25, -0.2) is 0 Å². The molecular weight excluding hydrogens is 212 g/mol. The van der Waals surface area contributed by atoms with Gasteiger partial charge in [-0.2, -0.15) is 0 Å². The summed E-state index contributed by atoms with van der Waals surface area (Å²) in [6, 6.07) is 6.66. The largest absolute Gasteiger partial charge is 0.497 e. The van der Waals surface area contributed by atoms with Gasteiger partial charge in [-0.3, -0.25) is 0 Å². The molecule has 1 atom stereocenters. The zero-order valence-electron chi connectivity index (χ0n) is 10.7. The van der Waals surface area contributed by atoms with E-state index < -0.39 is 0 Å². The summed E-state index contributed by atoms with van der Waals surface area (Å²) in [4.78, 5) is 3.29. The maximum Gasteiger partial charge on any atom is 0.119 e. The highest BCUT2D eigenvalue weighted by molar-refractivity contribution is 5.84. The van der Waals surface area contributed by atoms with E-state index in [-0.39, 0.29) is 0 Å². The molecule has 17 heavy (non-hydrogen) atoms. The number of nitrogens with one attached hydrogen (secondary N) is 2. The molecule has 2 N–H and O–H groups in total. The van der Waals surface area contributed by atoms with E-state index in [2.05, 4.69) is 42.5 Å². The van der Waals surface area contributed by atoms with Gasteiger partial charge in [-0.15, -0.1) is 0 Å². The minimum Gasteiger partial charge on any atom is -0.497 e. The molecule has 0 radical (unpaired) electrons. The van der Waals surface area contributed by atoms with Crippen molar-refractivity contribution in [2.45, 2.75) is 32.9 Å². The van der Waals surface area contributed by atoms with Crippen LogP contribution in [0.1, 0.15) is 25.8 Å². The van der Waals surface area contributed by atoms with E-state index in [1.54, 1.807) is 7.11 Å². The number of hydrogen-bond donors (Lipinski definition) is 2. The summed E-state index contributed by atoms with van der Waals surface area (Å²) in [5.41, 5.74) is 2.45. The van der Waals surface area contributed by atoms with Crippen molar-refractivity contribution in [2.75, 3.05) is 7.11 Å². The molecule has 3 heteroatoms. The number of ether oxygens (including phenoxy) is 1. The Morgan fingerprint density at radius 1 is 1.41 bits per heavy atom. The molecule has 0 bridgehead atoms. The summed E-state index contributed by atoms with van der Waals surface area (Å²) in [5, 5.41) is 4.74. The quantitative estimate of drug-likeness (QED) is 0.831. The maximum atomic E-state index is 5.26. The average Bonchev–Trinajstić information content (AvgIpc) is 2.78. The van der Waals surface area contributed by atoms with Crippen molar-refractivity contribution in [1.82, 2.24) is 10.3 Å². The third-order valence-electron chi connectivity index (χ3n) is 3.23. The van der Waals surface area contributed by atoms with Gasteiger partial charge in [0.25, 0.3) is 0 Å². The third-order valence-corrected chi connectivity index (χ3v) is 3.23. The second-order valence-electron chi connectivity index (χ2n) is 4.42. The van der Waals surface area contributed by atoms with Gasteiger partial charge in [0.1, 0.15) is 5.75 Å². The monoisotopic (exact) mass is 232 g/mol. The van der Waals surface area contributed by atoms with Crippen LogP contribution in [0.3, 0.4) is 0 Å². The number of fused-ring (bicyclic) bond motifs is 1. The normalized spacial score (nSPS) is 12.9. The first-order valence-electron chi connectivity index (χ1n) is 6.12. The Hall–Kier alpha value is -1.48. The third kappa shape index (κ3) is 2.61. The summed E-state index contributed by atoms with van der Waals surface area (Å²) < 4.78 is 5.26. The number of hydrogen-bond acceptors (Lipinski definition) is 2. The molecule has 3 nitrogen and oxygen atoms in total. The molecule has 2 aromatic rings. The smallest absolute Gasteiger partial charge is 0.119 e. The second kappa shape index (κ2) is 5.23. The van der Waals surface area contributed by atoms with Crippen LogP contribution in [0.4, 0.5) is 0 Å².